The number of hydrogen-bond donors (Lipinski definition) is 1. The van der Waals surface area contributed by atoms with Gasteiger partial charge in [-0.3, -0.25) is 4.79 Å². The Morgan fingerprint density at radius 1 is 1.39 bits per heavy atom. The van der Waals surface area contributed by atoms with Crippen LogP contribution in [0.5, 0.6) is 5.75 Å². The molecule has 0 saturated carbocycles. The van der Waals surface area contributed by atoms with Crippen LogP contribution < -0.4 is 4.74 Å². The lowest BCUT2D eigenvalue weighted by atomic mass is 9.86. The van der Waals surface area contributed by atoms with Gasteiger partial charge in [0.1, 0.15) is 5.75 Å². The van der Waals surface area contributed by atoms with Crippen LogP contribution in [0.15, 0.2) is 18.2 Å². The Labute approximate surface area is 109 Å². The van der Waals surface area contributed by atoms with Gasteiger partial charge in [0.25, 0.3) is 0 Å². The van der Waals surface area contributed by atoms with E-state index in [2.05, 4.69) is 6.07 Å². The molecule has 1 N–H and O–H groups in total. The molecule has 0 bridgehead atoms. The molecule has 1 aromatic rings. The maximum atomic E-state index is 11.0. The first-order valence-electron chi connectivity index (χ1n) is 6.24. The van der Waals surface area contributed by atoms with Crippen LogP contribution in [-0.2, 0) is 11.2 Å². The van der Waals surface area contributed by atoms with E-state index in [1.165, 1.54) is 5.56 Å². The van der Waals surface area contributed by atoms with Gasteiger partial charge in [0, 0.05) is 0 Å². The molecule has 0 radical (unpaired) electrons. The first-order chi connectivity index (χ1) is 8.36. The van der Waals surface area contributed by atoms with Gasteiger partial charge in [-0.05, 0) is 57.2 Å². The van der Waals surface area contributed by atoms with Crippen LogP contribution in [-0.4, -0.2) is 18.2 Å². The first kappa shape index (κ1) is 14.6. The first-order valence-corrected chi connectivity index (χ1v) is 6.24. The third kappa shape index (κ3) is 3.76. The molecule has 1 aromatic carbocycles. The van der Waals surface area contributed by atoms with Gasteiger partial charge in [-0.2, -0.15) is 0 Å². The van der Waals surface area contributed by atoms with Crippen molar-refractivity contribution in [3.05, 3.63) is 29.3 Å². The van der Waals surface area contributed by atoms with Crippen LogP contribution >= 0.6 is 0 Å². The Bertz CT molecular complexity index is 422. The number of benzene rings is 1. The summed E-state index contributed by atoms with van der Waals surface area (Å²) >= 11 is 0. The van der Waals surface area contributed by atoms with Gasteiger partial charge in [0.2, 0.25) is 0 Å². The van der Waals surface area contributed by atoms with Crippen LogP contribution in [0.2, 0.25) is 0 Å². The lowest BCUT2D eigenvalue weighted by molar-refractivity contribution is -0.147. The minimum absolute atomic E-state index is 0.637. The van der Waals surface area contributed by atoms with Gasteiger partial charge in [-0.15, -0.1) is 0 Å². The number of carbonyl (C=O) groups is 1. The summed E-state index contributed by atoms with van der Waals surface area (Å²) in [5.74, 6) is 0.165. The van der Waals surface area contributed by atoms with Crippen LogP contribution in [0.1, 0.15) is 37.8 Å². The average molecular weight is 250 g/mol. The molecule has 0 atom stereocenters. The molecule has 0 heterocycles. The molecule has 0 aliphatic heterocycles. The van der Waals surface area contributed by atoms with Gasteiger partial charge in [0.05, 0.1) is 12.5 Å². The normalized spacial score (nSPS) is 11.3. The zero-order valence-corrected chi connectivity index (χ0v) is 11.6. The van der Waals surface area contributed by atoms with Crippen molar-refractivity contribution in [2.75, 3.05) is 7.11 Å². The van der Waals surface area contributed by atoms with Crippen molar-refractivity contribution < 1.29 is 14.6 Å². The molecule has 0 spiro atoms. The predicted octanol–water partition coefficient (Wildman–Crippen LogP) is 3.44. The highest BCUT2D eigenvalue weighted by molar-refractivity contribution is 5.73. The zero-order chi connectivity index (χ0) is 13.8. The predicted molar refractivity (Wildman–Crippen MR) is 72.1 cm³/mol. The molecular formula is C15H22O3. The Morgan fingerprint density at radius 2 is 2.06 bits per heavy atom. The monoisotopic (exact) mass is 250 g/mol. The second-order valence-corrected chi connectivity index (χ2v) is 5.35. The summed E-state index contributed by atoms with van der Waals surface area (Å²) in [4.78, 5) is 11.0. The average Bonchev–Trinajstić information content (AvgIpc) is 2.29. The van der Waals surface area contributed by atoms with Crippen molar-refractivity contribution in [1.82, 2.24) is 0 Å². The molecule has 0 amide bonds. The lowest BCUT2D eigenvalue weighted by Gasteiger charge is -2.18. The SMILES string of the molecule is COc1ccc(CCCC(C)(C)C(=O)O)cc1C. The van der Waals surface area contributed by atoms with E-state index >= 15 is 0 Å². The number of methoxy groups -OCH3 is 1. The van der Waals surface area contributed by atoms with Crippen LogP contribution in [0.25, 0.3) is 0 Å². The molecule has 0 unspecified atom stereocenters. The number of rotatable bonds is 6. The van der Waals surface area contributed by atoms with Crippen molar-refractivity contribution in [2.45, 2.75) is 40.0 Å². The second kappa shape index (κ2) is 5.89. The number of carboxylic acids is 1. The highest BCUT2D eigenvalue weighted by Crippen LogP contribution is 2.25. The Kier molecular flexibility index (Phi) is 4.76. The van der Waals surface area contributed by atoms with Gasteiger partial charge in [0.15, 0.2) is 0 Å². The third-order valence-corrected chi connectivity index (χ3v) is 3.31. The summed E-state index contributed by atoms with van der Waals surface area (Å²) in [6.45, 7) is 5.56. The van der Waals surface area contributed by atoms with E-state index in [9.17, 15) is 4.79 Å². The molecule has 0 aromatic heterocycles. The van der Waals surface area contributed by atoms with Crippen molar-refractivity contribution in [3.63, 3.8) is 0 Å². The standard InChI is InChI=1S/C15H22O3/c1-11-10-12(7-8-13(11)18-4)6-5-9-15(2,3)14(16)17/h7-8,10H,5-6,9H2,1-4H3,(H,16,17). The van der Waals surface area contributed by atoms with Gasteiger partial charge in [-0.1, -0.05) is 12.1 Å². The highest BCUT2D eigenvalue weighted by Gasteiger charge is 2.26. The van der Waals surface area contributed by atoms with Crippen molar-refractivity contribution in [1.29, 1.82) is 0 Å². The van der Waals surface area contributed by atoms with Crippen molar-refractivity contribution in [3.8, 4) is 5.75 Å². The molecular weight excluding hydrogens is 228 g/mol. The Morgan fingerprint density at radius 3 is 2.56 bits per heavy atom. The minimum Gasteiger partial charge on any atom is -0.496 e. The molecule has 0 aliphatic carbocycles. The van der Waals surface area contributed by atoms with Crippen molar-refractivity contribution in [2.24, 2.45) is 5.41 Å². The fraction of sp³-hybridized carbons (Fsp3) is 0.533. The van der Waals surface area contributed by atoms with E-state index in [-0.39, 0.29) is 0 Å². The van der Waals surface area contributed by atoms with Crippen LogP contribution in [0.4, 0.5) is 0 Å². The van der Waals surface area contributed by atoms with E-state index in [1.807, 2.05) is 19.1 Å². The smallest absolute Gasteiger partial charge is 0.309 e. The summed E-state index contributed by atoms with van der Waals surface area (Å²) in [6.07, 6.45) is 2.47. The van der Waals surface area contributed by atoms with Crippen molar-refractivity contribution >= 4 is 5.97 Å². The summed E-state index contributed by atoms with van der Waals surface area (Å²) in [6, 6.07) is 6.11. The second-order valence-electron chi connectivity index (χ2n) is 5.35. The largest absolute Gasteiger partial charge is 0.496 e. The molecule has 0 fully saturated rings. The third-order valence-electron chi connectivity index (χ3n) is 3.31. The molecule has 18 heavy (non-hydrogen) atoms. The Balaban J connectivity index is 2.55. The fourth-order valence-corrected chi connectivity index (χ4v) is 1.94. The lowest BCUT2D eigenvalue weighted by Crippen LogP contribution is -2.23. The minimum atomic E-state index is -0.728. The summed E-state index contributed by atoms with van der Waals surface area (Å²) in [5.41, 5.74) is 1.71. The Hall–Kier alpha value is -1.51. The molecule has 0 saturated heterocycles. The van der Waals surface area contributed by atoms with Gasteiger partial charge in [-0.25, -0.2) is 0 Å². The van der Waals surface area contributed by atoms with Gasteiger partial charge < -0.3 is 9.84 Å². The highest BCUT2D eigenvalue weighted by atomic mass is 16.5. The van der Waals surface area contributed by atoms with E-state index in [0.717, 1.165) is 24.2 Å². The summed E-state index contributed by atoms with van der Waals surface area (Å²) in [7, 11) is 1.66. The number of aliphatic carboxylic acids is 1. The number of ether oxygens (including phenoxy) is 1. The number of hydrogen-bond acceptors (Lipinski definition) is 2. The van der Waals surface area contributed by atoms with E-state index in [1.54, 1.807) is 21.0 Å². The molecule has 3 heteroatoms. The van der Waals surface area contributed by atoms with Crippen LogP contribution in [0.3, 0.4) is 0 Å². The molecule has 3 nitrogen and oxygen atoms in total. The number of aryl methyl sites for hydroxylation is 2. The topological polar surface area (TPSA) is 46.5 Å². The maximum absolute atomic E-state index is 11.0. The number of carboxylic acid groups (broad SMARTS) is 1. The molecule has 1 rings (SSSR count). The fourth-order valence-electron chi connectivity index (χ4n) is 1.94. The van der Waals surface area contributed by atoms with E-state index in [4.69, 9.17) is 9.84 Å². The molecule has 100 valence electrons. The quantitative estimate of drug-likeness (QED) is 0.841. The maximum Gasteiger partial charge on any atom is 0.309 e. The van der Waals surface area contributed by atoms with E-state index < -0.39 is 11.4 Å². The zero-order valence-electron chi connectivity index (χ0n) is 11.6. The van der Waals surface area contributed by atoms with Crippen LogP contribution in [0, 0.1) is 12.3 Å². The van der Waals surface area contributed by atoms with E-state index in [0.29, 0.717) is 6.42 Å². The molecule has 0 aliphatic rings. The van der Waals surface area contributed by atoms with Gasteiger partial charge >= 0.3 is 5.97 Å². The summed E-state index contributed by atoms with van der Waals surface area (Å²) in [5, 5.41) is 9.03. The summed E-state index contributed by atoms with van der Waals surface area (Å²) < 4.78 is 5.21.